The lowest BCUT2D eigenvalue weighted by Crippen LogP contribution is -2.15. The van der Waals surface area contributed by atoms with Gasteiger partial charge in [-0.25, -0.2) is 13.9 Å². The zero-order valence-corrected chi connectivity index (χ0v) is 13.0. The monoisotopic (exact) mass is 312 g/mol. The first-order valence-electron chi connectivity index (χ1n) is 7.42. The second kappa shape index (κ2) is 6.16. The lowest BCUT2D eigenvalue weighted by molar-refractivity contribution is -0.115. The van der Waals surface area contributed by atoms with E-state index in [-0.39, 0.29) is 24.1 Å². The van der Waals surface area contributed by atoms with Gasteiger partial charge in [-0.15, -0.1) is 0 Å². The minimum atomic E-state index is -0.316. The number of nitrogens with one attached hydrogen (secondary N) is 1. The van der Waals surface area contributed by atoms with Crippen LogP contribution in [0.4, 0.5) is 10.1 Å². The number of fused-ring (bicyclic) bond motifs is 1. The van der Waals surface area contributed by atoms with Crippen LogP contribution in [-0.2, 0) is 11.2 Å². The Balaban J connectivity index is 1.80. The number of hydrogen-bond donors (Lipinski definition) is 1. The number of halogens is 1. The minimum Gasteiger partial charge on any atom is -0.323 e. The largest absolute Gasteiger partial charge is 0.323 e. The number of benzene rings is 1. The number of amides is 1. The van der Waals surface area contributed by atoms with Gasteiger partial charge in [-0.05, 0) is 29.8 Å². The van der Waals surface area contributed by atoms with Gasteiger partial charge in [0.2, 0.25) is 5.91 Å². The lowest BCUT2D eigenvalue weighted by atomic mass is 10.1. The molecule has 6 heteroatoms. The Bertz CT molecular complexity index is 839. The van der Waals surface area contributed by atoms with Crippen molar-refractivity contribution in [1.29, 1.82) is 0 Å². The summed E-state index contributed by atoms with van der Waals surface area (Å²) in [5.41, 5.74) is 1.97. The molecule has 23 heavy (non-hydrogen) atoms. The number of pyridine rings is 1. The highest BCUT2D eigenvalue weighted by atomic mass is 19.1. The number of anilines is 1. The highest BCUT2D eigenvalue weighted by Crippen LogP contribution is 2.18. The molecule has 2 heterocycles. The Kier molecular flexibility index (Phi) is 4.06. The fourth-order valence-electron chi connectivity index (χ4n) is 2.25. The average molecular weight is 312 g/mol. The van der Waals surface area contributed by atoms with Crippen molar-refractivity contribution in [2.75, 3.05) is 5.32 Å². The van der Waals surface area contributed by atoms with Crippen molar-refractivity contribution in [3.05, 3.63) is 59.8 Å². The van der Waals surface area contributed by atoms with Gasteiger partial charge < -0.3 is 5.32 Å². The maximum absolute atomic E-state index is 12.9. The van der Waals surface area contributed by atoms with Crippen molar-refractivity contribution in [1.82, 2.24) is 14.6 Å². The van der Waals surface area contributed by atoms with Crippen LogP contribution in [0.1, 0.15) is 31.2 Å². The maximum atomic E-state index is 12.9. The van der Waals surface area contributed by atoms with Crippen LogP contribution in [-0.4, -0.2) is 20.5 Å². The zero-order chi connectivity index (χ0) is 16.4. The number of aromatic nitrogens is 3. The second-order valence-electron chi connectivity index (χ2n) is 5.67. The van der Waals surface area contributed by atoms with Gasteiger partial charge in [-0.2, -0.15) is 5.10 Å². The zero-order valence-electron chi connectivity index (χ0n) is 13.0. The summed E-state index contributed by atoms with van der Waals surface area (Å²) in [5, 5.41) is 7.23. The van der Waals surface area contributed by atoms with Crippen molar-refractivity contribution in [2.24, 2.45) is 0 Å². The molecule has 0 aliphatic rings. The van der Waals surface area contributed by atoms with E-state index in [1.807, 2.05) is 13.8 Å². The Morgan fingerprint density at radius 1 is 1.26 bits per heavy atom. The van der Waals surface area contributed by atoms with E-state index in [2.05, 4.69) is 15.4 Å². The molecule has 0 radical (unpaired) electrons. The number of hydrogen-bond acceptors (Lipinski definition) is 3. The quantitative estimate of drug-likeness (QED) is 0.805. The summed E-state index contributed by atoms with van der Waals surface area (Å²) in [5.74, 6) is 0.435. The number of rotatable bonds is 4. The minimum absolute atomic E-state index is 0.173. The fourth-order valence-corrected chi connectivity index (χ4v) is 2.25. The molecule has 1 aromatic carbocycles. The van der Waals surface area contributed by atoms with Crippen LogP contribution in [0.3, 0.4) is 0 Å². The first kappa shape index (κ1) is 15.1. The van der Waals surface area contributed by atoms with E-state index in [1.165, 1.54) is 12.1 Å². The Hall–Kier alpha value is -2.76. The van der Waals surface area contributed by atoms with Crippen LogP contribution in [0.2, 0.25) is 0 Å². The van der Waals surface area contributed by atoms with Crippen LogP contribution in [0, 0.1) is 5.82 Å². The molecular formula is C17H17FN4O. The van der Waals surface area contributed by atoms with E-state index in [0.29, 0.717) is 11.3 Å². The standard InChI is InChI=1S/C17H17FN4O/c1-11(2)16-20-17-14(4-3-9-22(17)21-16)19-15(23)10-12-5-7-13(18)8-6-12/h3-9,11H,10H2,1-2H3,(H,19,23). The first-order chi connectivity index (χ1) is 11.0. The van der Waals surface area contributed by atoms with Crippen LogP contribution in [0.5, 0.6) is 0 Å². The molecule has 3 aromatic rings. The smallest absolute Gasteiger partial charge is 0.228 e. The fraction of sp³-hybridized carbons (Fsp3) is 0.235. The molecule has 0 aliphatic heterocycles. The number of nitrogens with zero attached hydrogens (tertiary/aromatic N) is 3. The second-order valence-corrected chi connectivity index (χ2v) is 5.67. The molecule has 0 spiro atoms. The van der Waals surface area contributed by atoms with E-state index < -0.39 is 0 Å². The van der Waals surface area contributed by atoms with Gasteiger partial charge >= 0.3 is 0 Å². The molecule has 0 bridgehead atoms. The average Bonchev–Trinajstić information content (AvgIpc) is 2.95. The molecule has 1 N–H and O–H groups in total. The summed E-state index contributed by atoms with van der Waals surface area (Å²) in [6, 6.07) is 9.48. The van der Waals surface area contributed by atoms with Crippen molar-refractivity contribution in [2.45, 2.75) is 26.2 Å². The van der Waals surface area contributed by atoms with Gasteiger partial charge in [-0.1, -0.05) is 26.0 Å². The predicted molar refractivity (Wildman–Crippen MR) is 85.8 cm³/mol. The summed E-state index contributed by atoms with van der Waals surface area (Å²) >= 11 is 0. The summed E-state index contributed by atoms with van der Waals surface area (Å²) in [7, 11) is 0. The third-order valence-electron chi connectivity index (χ3n) is 3.45. The predicted octanol–water partition coefficient (Wildman–Crippen LogP) is 3.17. The van der Waals surface area contributed by atoms with E-state index in [4.69, 9.17) is 0 Å². The van der Waals surface area contributed by atoms with E-state index in [1.54, 1.807) is 35.0 Å². The maximum Gasteiger partial charge on any atom is 0.228 e. The Labute approximate surface area is 133 Å². The highest BCUT2D eigenvalue weighted by Gasteiger charge is 2.12. The van der Waals surface area contributed by atoms with E-state index in [0.717, 1.165) is 11.4 Å². The molecule has 118 valence electrons. The summed E-state index contributed by atoms with van der Waals surface area (Å²) in [6.07, 6.45) is 1.97. The molecule has 0 saturated heterocycles. The van der Waals surface area contributed by atoms with Crippen molar-refractivity contribution >= 4 is 17.2 Å². The van der Waals surface area contributed by atoms with Crippen LogP contribution >= 0.6 is 0 Å². The number of carbonyl (C=O) groups excluding carboxylic acids is 1. The molecule has 0 unspecified atom stereocenters. The Morgan fingerprint density at radius 3 is 2.70 bits per heavy atom. The third-order valence-corrected chi connectivity index (χ3v) is 3.45. The van der Waals surface area contributed by atoms with E-state index >= 15 is 0 Å². The molecule has 0 aliphatic carbocycles. The molecule has 0 atom stereocenters. The van der Waals surface area contributed by atoms with E-state index in [9.17, 15) is 9.18 Å². The van der Waals surface area contributed by atoms with Crippen molar-refractivity contribution in [3.63, 3.8) is 0 Å². The molecule has 2 aromatic heterocycles. The SMILES string of the molecule is CC(C)c1nc2c(NC(=O)Cc3ccc(F)cc3)cccn2n1. The van der Waals surface area contributed by atoms with Gasteiger partial charge in [0.05, 0.1) is 12.1 Å². The first-order valence-corrected chi connectivity index (χ1v) is 7.42. The Morgan fingerprint density at radius 2 is 2.00 bits per heavy atom. The lowest BCUT2D eigenvalue weighted by Gasteiger charge is -2.06. The molecule has 5 nitrogen and oxygen atoms in total. The van der Waals surface area contributed by atoms with Crippen LogP contribution in [0.25, 0.3) is 5.65 Å². The summed E-state index contributed by atoms with van der Waals surface area (Å²) in [6.45, 7) is 4.03. The molecular weight excluding hydrogens is 295 g/mol. The summed E-state index contributed by atoms with van der Waals surface area (Å²) in [4.78, 5) is 16.7. The van der Waals surface area contributed by atoms with Crippen LogP contribution in [0.15, 0.2) is 42.6 Å². The molecule has 0 fully saturated rings. The van der Waals surface area contributed by atoms with Crippen LogP contribution < -0.4 is 5.32 Å². The molecule has 1 amide bonds. The van der Waals surface area contributed by atoms with Gasteiger partial charge in [0, 0.05) is 12.1 Å². The van der Waals surface area contributed by atoms with Gasteiger partial charge in [0.1, 0.15) is 5.82 Å². The molecule has 0 saturated carbocycles. The normalized spacial score (nSPS) is 11.1. The summed E-state index contributed by atoms with van der Waals surface area (Å²) < 4.78 is 14.6. The third kappa shape index (κ3) is 3.36. The topological polar surface area (TPSA) is 59.3 Å². The van der Waals surface area contributed by atoms with Crippen molar-refractivity contribution < 1.29 is 9.18 Å². The molecule has 3 rings (SSSR count). The van der Waals surface area contributed by atoms with Gasteiger partial charge in [0.15, 0.2) is 11.5 Å². The van der Waals surface area contributed by atoms with Gasteiger partial charge in [0.25, 0.3) is 0 Å². The highest BCUT2D eigenvalue weighted by molar-refractivity contribution is 5.95. The number of carbonyl (C=O) groups is 1. The van der Waals surface area contributed by atoms with Gasteiger partial charge in [-0.3, -0.25) is 4.79 Å². The van der Waals surface area contributed by atoms with Crippen molar-refractivity contribution in [3.8, 4) is 0 Å².